The molecule has 0 radical (unpaired) electrons. The Balaban J connectivity index is 3.30. The van der Waals surface area contributed by atoms with Crippen molar-refractivity contribution in [2.45, 2.75) is 94.9 Å². The first-order chi connectivity index (χ1) is 10.1. The summed E-state index contributed by atoms with van der Waals surface area (Å²) in [6, 6.07) is 0. The Morgan fingerprint density at radius 3 is 1.81 bits per heavy atom. The minimum atomic E-state index is -1.04. The first-order valence-corrected chi connectivity index (χ1v) is 9.45. The third-order valence-corrected chi connectivity index (χ3v) is 4.83. The van der Waals surface area contributed by atoms with Crippen molar-refractivity contribution < 1.29 is 14.6 Å². The van der Waals surface area contributed by atoms with Crippen LogP contribution in [0.1, 0.15) is 84.0 Å². The van der Waals surface area contributed by atoms with E-state index in [2.05, 4.69) is 27.6 Å². The van der Waals surface area contributed by atoms with Crippen LogP contribution in [0.4, 0.5) is 0 Å². The highest BCUT2D eigenvalue weighted by atomic mass is 79.9. The minimum Gasteiger partial charge on any atom is -0.467 e. The zero-order valence-electron chi connectivity index (χ0n) is 13.8. The number of hydrogen-bond donors (Lipinski definition) is 1. The summed E-state index contributed by atoms with van der Waals surface area (Å²) in [6.45, 7) is 2.25. The van der Waals surface area contributed by atoms with Gasteiger partial charge in [-0.3, -0.25) is 0 Å². The number of unbranched alkanes of at least 4 members (excludes halogenated alkanes) is 10. The zero-order valence-corrected chi connectivity index (χ0v) is 15.4. The van der Waals surface area contributed by atoms with Crippen LogP contribution in [0.2, 0.25) is 0 Å². The molecule has 2 atom stereocenters. The van der Waals surface area contributed by atoms with Crippen molar-refractivity contribution in [3.05, 3.63) is 0 Å². The molecule has 0 rings (SSSR count). The smallest absolute Gasteiger partial charge is 0.335 e. The molecule has 2 unspecified atom stereocenters. The maximum absolute atomic E-state index is 11.2. The van der Waals surface area contributed by atoms with E-state index in [4.69, 9.17) is 0 Å². The molecule has 0 saturated carbocycles. The van der Waals surface area contributed by atoms with Crippen molar-refractivity contribution in [2.24, 2.45) is 0 Å². The van der Waals surface area contributed by atoms with E-state index < -0.39 is 12.1 Å². The Morgan fingerprint density at radius 2 is 1.38 bits per heavy atom. The molecule has 0 bridgehead atoms. The van der Waals surface area contributed by atoms with Gasteiger partial charge in [-0.25, -0.2) is 4.79 Å². The van der Waals surface area contributed by atoms with Crippen molar-refractivity contribution in [2.75, 3.05) is 7.11 Å². The van der Waals surface area contributed by atoms with E-state index >= 15 is 0 Å². The lowest BCUT2D eigenvalue weighted by Gasteiger charge is -2.14. The predicted octanol–water partition coefficient (Wildman–Crippen LogP) is 4.98. The zero-order chi connectivity index (χ0) is 15.9. The second-order valence-corrected chi connectivity index (χ2v) is 6.98. The molecule has 0 aromatic rings. The van der Waals surface area contributed by atoms with Gasteiger partial charge in [0.05, 0.1) is 11.9 Å². The predicted molar refractivity (Wildman–Crippen MR) is 91.8 cm³/mol. The molecule has 0 aromatic heterocycles. The molecule has 1 N–H and O–H groups in total. The van der Waals surface area contributed by atoms with Crippen molar-refractivity contribution in [1.29, 1.82) is 0 Å². The summed E-state index contributed by atoms with van der Waals surface area (Å²) in [5.74, 6) is -0.556. The van der Waals surface area contributed by atoms with Gasteiger partial charge in [0.15, 0.2) is 6.10 Å². The molecule has 0 heterocycles. The van der Waals surface area contributed by atoms with E-state index in [0.29, 0.717) is 0 Å². The Hall–Kier alpha value is -0.0900. The molecule has 3 nitrogen and oxygen atoms in total. The number of ether oxygens (including phenoxy) is 1. The van der Waals surface area contributed by atoms with E-state index in [1.54, 1.807) is 0 Å². The van der Waals surface area contributed by atoms with Gasteiger partial charge in [-0.1, -0.05) is 93.5 Å². The molecule has 0 aliphatic heterocycles. The summed E-state index contributed by atoms with van der Waals surface area (Å²) >= 11 is 3.36. The summed E-state index contributed by atoms with van der Waals surface area (Å²) in [6.07, 6.45) is 14.1. The molecule has 0 fully saturated rings. The quantitative estimate of drug-likeness (QED) is 0.268. The van der Waals surface area contributed by atoms with Crippen molar-refractivity contribution in [1.82, 2.24) is 0 Å². The van der Waals surface area contributed by atoms with Crippen LogP contribution in [0, 0.1) is 0 Å². The molecular weight excluding hydrogens is 332 g/mol. The normalized spacial score (nSPS) is 13.9. The topological polar surface area (TPSA) is 46.5 Å². The van der Waals surface area contributed by atoms with Gasteiger partial charge < -0.3 is 9.84 Å². The minimum absolute atomic E-state index is 0.191. The van der Waals surface area contributed by atoms with Gasteiger partial charge in [-0.15, -0.1) is 0 Å². The Labute approximate surface area is 139 Å². The van der Waals surface area contributed by atoms with E-state index in [1.807, 2.05) is 0 Å². The van der Waals surface area contributed by atoms with Crippen LogP contribution < -0.4 is 0 Å². The van der Waals surface area contributed by atoms with E-state index in [1.165, 1.54) is 71.3 Å². The highest BCUT2D eigenvalue weighted by Gasteiger charge is 2.23. The highest BCUT2D eigenvalue weighted by molar-refractivity contribution is 9.09. The first-order valence-electron chi connectivity index (χ1n) is 8.53. The number of alkyl halides is 1. The summed E-state index contributed by atoms with van der Waals surface area (Å²) < 4.78 is 4.52. The van der Waals surface area contributed by atoms with E-state index in [-0.39, 0.29) is 4.83 Å². The number of aliphatic hydroxyl groups excluding tert-OH is 1. The third-order valence-electron chi connectivity index (χ3n) is 3.87. The van der Waals surface area contributed by atoms with Gasteiger partial charge >= 0.3 is 5.97 Å². The molecule has 0 amide bonds. The number of aliphatic hydroxyl groups is 1. The van der Waals surface area contributed by atoms with Crippen LogP contribution in [0.15, 0.2) is 0 Å². The maximum Gasteiger partial charge on any atom is 0.335 e. The first kappa shape index (κ1) is 20.9. The number of esters is 1. The fourth-order valence-electron chi connectivity index (χ4n) is 2.43. The molecule has 0 saturated heterocycles. The number of methoxy groups -OCH3 is 1. The lowest BCUT2D eigenvalue weighted by molar-refractivity contribution is -0.150. The Morgan fingerprint density at radius 1 is 0.952 bits per heavy atom. The molecular formula is C17H33BrO3. The molecule has 0 aliphatic rings. The van der Waals surface area contributed by atoms with Gasteiger partial charge in [0, 0.05) is 0 Å². The monoisotopic (exact) mass is 364 g/mol. The van der Waals surface area contributed by atoms with Gasteiger partial charge in [0.2, 0.25) is 0 Å². The van der Waals surface area contributed by atoms with Gasteiger partial charge in [0.25, 0.3) is 0 Å². The number of carbonyl (C=O) groups excluding carboxylic acids is 1. The molecule has 0 spiro atoms. The molecule has 0 aliphatic carbocycles. The maximum atomic E-state index is 11.2. The second-order valence-electron chi connectivity index (χ2n) is 5.81. The summed E-state index contributed by atoms with van der Waals surface area (Å²) in [4.78, 5) is 11.0. The van der Waals surface area contributed by atoms with E-state index in [9.17, 15) is 9.90 Å². The standard InChI is InChI=1S/C17H33BrO3/c1-3-4-5-6-7-8-9-10-11-12-13-14-15(18)16(19)17(20)21-2/h15-16,19H,3-14H2,1-2H3. The van der Waals surface area contributed by atoms with Crippen LogP contribution in [-0.2, 0) is 9.53 Å². The lowest BCUT2D eigenvalue weighted by atomic mass is 10.0. The molecule has 0 aromatic carbocycles. The number of hydrogen-bond acceptors (Lipinski definition) is 3. The highest BCUT2D eigenvalue weighted by Crippen LogP contribution is 2.17. The van der Waals surface area contributed by atoms with Gasteiger partial charge in [-0.05, 0) is 6.42 Å². The van der Waals surface area contributed by atoms with Crippen LogP contribution in [-0.4, -0.2) is 29.1 Å². The fourth-order valence-corrected chi connectivity index (χ4v) is 2.97. The molecule has 4 heteroatoms. The number of halogens is 1. The van der Waals surface area contributed by atoms with Crippen molar-refractivity contribution in [3.8, 4) is 0 Å². The third kappa shape index (κ3) is 12.2. The van der Waals surface area contributed by atoms with Crippen LogP contribution in [0.25, 0.3) is 0 Å². The van der Waals surface area contributed by atoms with Crippen LogP contribution in [0.3, 0.4) is 0 Å². The average Bonchev–Trinajstić information content (AvgIpc) is 2.50. The van der Waals surface area contributed by atoms with Crippen LogP contribution in [0.5, 0.6) is 0 Å². The molecule has 21 heavy (non-hydrogen) atoms. The Bertz CT molecular complexity index is 246. The summed E-state index contributed by atoms with van der Waals surface area (Å²) in [5.41, 5.74) is 0. The largest absolute Gasteiger partial charge is 0.467 e. The van der Waals surface area contributed by atoms with Gasteiger partial charge in [-0.2, -0.15) is 0 Å². The Kier molecular flexibility index (Phi) is 14.8. The SMILES string of the molecule is CCCCCCCCCCCCCC(Br)C(O)C(=O)OC. The van der Waals surface area contributed by atoms with E-state index in [0.717, 1.165) is 12.8 Å². The van der Waals surface area contributed by atoms with Gasteiger partial charge in [0.1, 0.15) is 0 Å². The number of rotatable bonds is 14. The second kappa shape index (κ2) is 14.8. The fraction of sp³-hybridized carbons (Fsp3) is 0.941. The van der Waals surface area contributed by atoms with Crippen molar-refractivity contribution in [3.63, 3.8) is 0 Å². The average molecular weight is 365 g/mol. The van der Waals surface area contributed by atoms with Crippen LogP contribution >= 0.6 is 15.9 Å². The number of carbonyl (C=O) groups is 1. The summed E-state index contributed by atoms with van der Waals surface area (Å²) in [7, 11) is 1.30. The molecule has 126 valence electrons. The summed E-state index contributed by atoms with van der Waals surface area (Å²) in [5, 5.41) is 9.63. The lowest BCUT2D eigenvalue weighted by Crippen LogP contribution is -2.30. The van der Waals surface area contributed by atoms with Crippen molar-refractivity contribution >= 4 is 21.9 Å².